The van der Waals surface area contributed by atoms with Crippen molar-refractivity contribution in [3.05, 3.63) is 48.0 Å². The summed E-state index contributed by atoms with van der Waals surface area (Å²) in [4.78, 5) is 4.35. The Hall–Kier alpha value is -2.49. The fourth-order valence-corrected chi connectivity index (χ4v) is 1.88. The number of rotatable bonds is 7. The smallest absolute Gasteiger partial charge is 0.128 e. The molecule has 0 unspecified atom stereocenters. The van der Waals surface area contributed by atoms with E-state index in [1.54, 1.807) is 18.3 Å². The van der Waals surface area contributed by atoms with E-state index in [0.717, 1.165) is 17.9 Å². The summed E-state index contributed by atoms with van der Waals surface area (Å²) in [5.41, 5.74) is 1.45. The SMILES string of the molecule is CCCOc1ccc(C=Nc2ccc(OCC)cc2)c(O)c1. The van der Waals surface area contributed by atoms with Gasteiger partial charge in [0.05, 0.1) is 18.9 Å². The monoisotopic (exact) mass is 299 g/mol. The Balaban J connectivity index is 2.05. The Morgan fingerprint density at radius 3 is 2.36 bits per heavy atom. The van der Waals surface area contributed by atoms with Crippen LogP contribution in [0, 0.1) is 0 Å². The van der Waals surface area contributed by atoms with Crippen molar-refractivity contribution in [2.75, 3.05) is 13.2 Å². The lowest BCUT2D eigenvalue weighted by Gasteiger charge is -2.06. The first-order valence-electron chi connectivity index (χ1n) is 7.45. The molecule has 0 fully saturated rings. The standard InChI is InChI=1S/C18H21NO3/c1-3-11-22-17-8-5-14(18(20)12-17)13-19-15-6-9-16(10-7-15)21-4-2/h5-10,12-13,20H,3-4,11H2,1-2H3. The number of phenols is 1. The fraction of sp³-hybridized carbons (Fsp3) is 0.278. The predicted molar refractivity (Wildman–Crippen MR) is 88.8 cm³/mol. The molecule has 0 radical (unpaired) electrons. The zero-order valence-corrected chi connectivity index (χ0v) is 13.0. The molecule has 1 N–H and O–H groups in total. The average Bonchev–Trinajstić information content (AvgIpc) is 2.54. The fourth-order valence-electron chi connectivity index (χ4n) is 1.88. The van der Waals surface area contributed by atoms with Crippen LogP contribution >= 0.6 is 0 Å². The second kappa shape index (κ2) is 8.08. The molecule has 4 nitrogen and oxygen atoms in total. The van der Waals surface area contributed by atoms with Gasteiger partial charge in [0.2, 0.25) is 0 Å². The second-order valence-electron chi connectivity index (χ2n) is 4.75. The lowest BCUT2D eigenvalue weighted by atomic mass is 10.2. The molecule has 116 valence electrons. The number of hydrogen-bond donors (Lipinski definition) is 1. The zero-order valence-electron chi connectivity index (χ0n) is 13.0. The Morgan fingerprint density at radius 2 is 1.73 bits per heavy atom. The first-order valence-corrected chi connectivity index (χ1v) is 7.45. The van der Waals surface area contributed by atoms with E-state index in [2.05, 4.69) is 4.99 Å². The largest absolute Gasteiger partial charge is 0.507 e. The summed E-state index contributed by atoms with van der Waals surface area (Å²) in [6.45, 7) is 5.27. The maximum absolute atomic E-state index is 9.99. The number of phenolic OH excluding ortho intramolecular Hbond substituents is 1. The predicted octanol–water partition coefficient (Wildman–Crippen LogP) is 4.33. The van der Waals surface area contributed by atoms with Crippen LogP contribution in [0.1, 0.15) is 25.8 Å². The van der Waals surface area contributed by atoms with E-state index >= 15 is 0 Å². The van der Waals surface area contributed by atoms with Gasteiger partial charge in [0.15, 0.2) is 0 Å². The summed E-state index contributed by atoms with van der Waals surface area (Å²) in [6.07, 6.45) is 2.57. The summed E-state index contributed by atoms with van der Waals surface area (Å²) in [6, 6.07) is 12.7. The highest BCUT2D eigenvalue weighted by atomic mass is 16.5. The summed E-state index contributed by atoms with van der Waals surface area (Å²) in [5.74, 6) is 1.64. The maximum atomic E-state index is 9.99. The van der Waals surface area contributed by atoms with Gasteiger partial charge in [-0.25, -0.2) is 0 Å². The third kappa shape index (κ3) is 4.52. The van der Waals surface area contributed by atoms with Gasteiger partial charge in [-0.2, -0.15) is 0 Å². The van der Waals surface area contributed by atoms with E-state index < -0.39 is 0 Å². The molecule has 0 atom stereocenters. The molecule has 0 heterocycles. The van der Waals surface area contributed by atoms with Crippen molar-refractivity contribution in [2.24, 2.45) is 4.99 Å². The highest BCUT2D eigenvalue weighted by Crippen LogP contribution is 2.24. The van der Waals surface area contributed by atoms with E-state index in [1.165, 1.54) is 0 Å². The molecule has 2 aromatic rings. The lowest BCUT2D eigenvalue weighted by Crippen LogP contribution is -1.95. The molecular weight excluding hydrogens is 278 g/mol. The van der Waals surface area contributed by atoms with Gasteiger partial charge < -0.3 is 14.6 Å². The van der Waals surface area contributed by atoms with Crippen molar-refractivity contribution >= 4 is 11.9 Å². The van der Waals surface area contributed by atoms with Crippen molar-refractivity contribution < 1.29 is 14.6 Å². The van der Waals surface area contributed by atoms with Crippen LogP contribution in [-0.2, 0) is 0 Å². The third-order valence-corrected chi connectivity index (χ3v) is 2.98. The summed E-state index contributed by atoms with van der Waals surface area (Å²) in [7, 11) is 0. The molecule has 0 aliphatic rings. The van der Waals surface area contributed by atoms with Crippen LogP contribution in [0.3, 0.4) is 0 Å². The van der Waals surface area contributed by atoms with Crippen molar-refractivity contribution in [1.29, 1.82) is 0 Å². The maximum Gasteiger partial charge on any atom is 0.128 e. The van der Waals surface area contributed by atoms with Gasteiger partial charge >= 0.3 is 0 Å². The summed E-state index contributed by atoms with van der Waals surface area (Å²) >= 11 is 0. The topological polar surface area (TPSA) is 51.0 Å². The van der Waals surface area contributed by atoms with Gasteiger partial charge in [0.25, 0.3) is 0 Å². The molecule has 4 heteroatoms. The molecule has 2 rings (SSSR count). The van der Waals surface area contributed by atoms with Gasteiger partial charge in [-0.3, -0.25) is 4.99 Å². The van der Waals surface area contributed by atoms with E-state index in [4.69, 9.17) is 9.47 Å². The lowest BCUT2D eigenvalue weighted by molar-refractivity contribution is 0.315. The Labute approximate surface area is 131 Å². The Kier molecular flexibility index (Phi) is 5.83. The van der Waals surface area contributed by atoms with Gasteiger partial charge in [0, 0.05) is 17.8 Å². The molecule has 0 aliphatic heterocycles. The van der Waals surface area contributed by atoms with Crippen molar-refractivity contribution in [1.82, 2.24) is 0 Å². The van der Waals surface area contributed by atoms with Crippen molar-refractivity contribution in [2.45, 2.75) is 20.3 Å². The van der Waals surface area contributed by atoms with Crippen LogP contribution in [0.5, 0.6) is 17.2 Å². The van der Waals surface area contributed by atoms with E-state index in [0.29, 0.717) is 24.5 Å². The van der Waals surface area contributed by atoms with Gasteiger partial charge in [-0.05, 0) is 49.7 Å². The van der Waals surface area contributed by atoms with Crippen LogP contribution in [0.25, 0.3) is 0 Å². The highest BCUT2D eigenvalue weighted by Gasteiger charge is 2.01. The molecule has 0 spiro atoms. The van der Waals surface area contributed by atoms with Crippen LogP contribution < -0.4 is 9.47 Å². The quantitative estimate of drug-likeness (QED) is 0.774. The molecule has 0 aliphatic carbocycles. The van der Waals surface area contributed by atoms with Gasteiger partial charge in [-0.1, -0.05) is 6.92 Å². The molecule has 0 saturated carbocycles. The highest BCUT2D eigenvalue weighted by molar-refractivity contribution is 5.85. The number of aliphatic imine (C=N–C) groups is 1. The first kappa shape index (κ1) is 15.9. The van der Waals surface area contributed by atoms with Gasteiger partial charge in [0.1, 0.15) is 17.2 Å². The number of nitrogens with zero attached hydrogens (tertiary/aromatic N) is 1. The molecule has 2 aromatic carbocycles. The van der Waals surface area contributed by atoms with Crippen LogP contribution in [0.15, 0.2) is 47.5 Å². The summed E-state index contributed by atoms with van der Waals surface area (Å²) in [5, 5.41) is 9.99. The van der Waals surface area contributed by atoms with E-state index in [1.807, 2.05) is 44.2 Å². The minimum Gasteiger partial charge on any atom is -0.507 e. The zero-order chi connectivity index (χ0) is 15.8. The number of hydrogen-bond acceptors (Lipinski definition) is 4. The number of ether oxygens (including phenoxy) is 2. The molecule has 0 aromatic heterocycles. The van der Waals surface area contributed by atoms with Crippen LogP contribution in [-0.4, -0.2) is 24.5 Å². The van der Waals surface area contributed by atoms with E-state index in [-0.39, 0.29) is 5.75 Å². The molecule has 0 saturated heterocycles. The first-order chi connectivity index (χ1) is 10.7. The number of benzene rings is 2. The van der Waals surface area contributed by atoms with Crippen LogP contribution in [0.2, 0.25) is 0 Å². The average molecular weight is 299 g/mol. The normalized spacial score (nSPS) is 10.8. The Bertz CT molecular complexity index is 621. The van der Waals surface area contributed by atoms with Gasteiger partial charge in [-0.15, -0.1) is 0 Å². The third-order valence-electron chi connectivity index (χ3n) is 2.98. The minimum absolute atomic E-state index is 0.156. The van der Waals surface area contributed by atoms with E-state index in [9.17, 15) is 5.11 Å². The molecule has 0 amide bonds. The Morgan fingerprint density at radius 1 is 1.00 bits per heavy atom. The summed E-state index contributed by atoms with van der Waals surface area (Å²) < 4.78 is 10.9. The minimum atomic E-state index is 0.156. The van der Waals surface area contributed by atoms with Crippen LogP contribution in [0.4, 0.5) is 5.69 Å². The molecular formula is C18H21NO3. The number of aromatic hydroxyl groups is 1. The van der Waals surface area contributed by atoms with Crippen molar-refractivity contribution in [3.8, 4) is 17.2 Å². The molecule has 22 heavy (non-hydrogen) atoms. The molecule has 0 bridgehead atoms. The second-order valence-corrected chi connectivity index (χ2v) is 4.75. The van der Waals surface area contributed by atoms with Crippen molar-refractivity contribution in [3.63, 3.8) is 0 Å².